The van der Waals surface area contributed by atoms with Crippen molar-refractivity contribution < 1.29 is 0 Å². The maximum absolute atomic E-state index is 4.16. The summed E-state index contributed by atoms with van der Waals surface area (Å²) in [5, 5.41) is 8.06. The maximum Gasteiger partial charge on any atom is 0.207 e. The second kappa shape index (κ2) is 6.31. The van der Waals surface area contributed by atoms with Crippen LogP contribution in [0.25, 0.3) is 5.69 Å². The van der Waals surface area contributed by atoms with E-state index in [4.69, 9.17) is 0 Å². The third-order valence-electron chi connectivity index (χ3n) is 3.13. The third-order valence-corrected chi connectivity index (χ3v) is 3.13. The molecule has 95 valence electrons. The molecule has 0 fully saturated rings. The standard InChI is InChI=1S/C14H19N4/c1-3-17(4-2)11-10-14-16-15-12-18(14)13-8-6-5-7-9-13/h5-9H,3-4,10-11H2,1-2H3. The van der Waals surface area contributed by atoms with E-state index >= 15 is 0 Å². The van der Waals surface area contributed by atoms with E-state index in [-0.39, 0.29) is 0 Å². The highest BCUT2D eigenvalue weighted by Gasteiger charge is 2.08. The Morgan fingerprint density at radius 3 is 2.56 bits per heavy atom. The highest BCUT2D eigenvalue weighted by molar-refractivity contribution is 5.31. The van der Waals surface area contributed by atoms with Crippen LogP contribution in [0.4, 0.5) is 0 Å². The molecule has 0 amide bonds. The highest BCUT2D eigenvalue weighted by Crippen LogP contribution is 2.09. The van der Waals surface area contributed by atoms with Gasteiger partial charge in [-0.2, -0.15) is 0 Å². The van der Waals surface area contributed by atoms with Crippen molar-refractivity contribution in [1.29, 1.82) is 0 Å². The molecule has 4 nitrogen and oxygen atoms in total. The first-order valence-electron chi connectivity index (χ1n) is 6.45. The van der Waals surface area contributed by atoms with Crippen molar-refractivity contribution in [2.24, 2.45) is 0 Å². The predicted molar refractivity (Wildman–Crippen MR) is 71.7 cm³/mol. The second-order valence-electron chi connectivity index (χ2n) is 4.16. The molecule has 0 saturated carbocycles. The Morgan fingerprint density at radius 2 is 1.89 bits per heavy atom. The molecule has 0 atom stereocenters. The molecule has 4 heteroatoms. The number of rotatable bonds is 6. The summed E-state index contributed by atoms with van der Waals surface area (Å²) in [6, 6.07) is 10.1. The van der Waals surface area contributed by atoms with Crippen LogP contribution in [-0.2, 0) is 6.42 Å². The first-order valence-corrected chi connectivity index (χ1v) is 6.45. The molecule has 2 rings (SSSR count). The fraction of sp³-hybridized carbons (Fsp3) is 0.429. The van der Waals surface area contributed by atoms with Crippen LogP contribution < -0.4 is 0 Å². The lowest BCUT2D eigenvalue weighted by atomic mass is 10.3. The molecule has 0 aliphatic heterocycles. The van der Waals surface area contributed by atoms with Gasteiger partial charge in [0.2, 0.25) is 6.33 Å². The van der Waals surface area contributed by atoms with E-state index in [0.29, 0.717) is 0 Å². The molecule has 1 aromatic heterocycles. The van der Waals surface area contributed by atoms with Gasteiger partial charge >= 0.3 is 0 Å². The zero-order valence-electron chi connectivity index (χ0n) is 11.0. The van der Waals surface area contributed by atoms with Gasteiger partial charge in [-0.3, -0.25) is 4.57 Å². The van der Waals surface area contributed by atoms with Crippen molar-refractivity contribution in [1.82, 2.24) is 19.7 Å². The van der Waals surface area contributed by atoms with Crippen molar-refractivity contribution in [2.75, 3.05) is 19.6 Å². The van der Waals surface area contributed by atoms with Crippen LogP contribution in [0.5, 0.6) is 0 Å². The van der Waals surface area contributed by atoms with Crippen LogP contribution in [0.1, 0.15) is 19.7 Å². The Balaban J connectivity index is 2.09. The maximum atomic E-state index is 4.16. The van der Waals surface area contributed by atoms with Gasteiger partial charge in [-0.1, -0.05) is 32.0 Å². The van der Waals surface area contributed by atoms with Gasteiger partial charge in [0.15, 0.2) is 0 Å². The topological polar surface area (TPSA) is 34.0 Å². The molecule has 0 saturated heterocycles. The lowest BCUT2D eigenvalue weighted by Gasteiger charge is -2.17. The van der Waals surface area contributed by atoms with Crippen LogP contribution in [0.3, 0.4) is 0 Å². The molecular formula is C14H19N4. The van der Waals surface area contributed by atoms with Crippen LogP contribution in [0.15, 0.2) is 30.3 Å². The van der Waals surface area contributed by atoms with Gasteiger partial charge in [0, 0.05) is 18.7 Å². The molecule has 2 aromatic rings. The van der Waals surface area contributed by atoms with Crippen molar-refractivity contribution >= 4 is 0 Å². The molecule has 1 heterocycles. The lowest BCUT2D eigenvalue weighted by molar-refractivity contribution is 0.305. The van der Waals surface area contributed by atoms with Gasteiger partial charge < -0.3 is 4.90 Å². The molecule has 0 aliphatic rings. The van der Waals surface area contributed by atoms with Gasteiger partial charge in [0.05, 0.1) is 0 Å². The Morgan fingerprint density at radius 1 is 1.17 bits per heavy atom. The molecule has 0 unspecified atom stereocenters. The molecule has 18 heavy (non-hydrogen) atoms. The van der Waals surface area contributed by atoms with Crippen LogP contribution in [0.2, 0.25) is 0 Å². The van der Waals surface area contributed by atoms with E-state index in [2.05, 4.69) is 35.3 Å². The molecule has 0 bridgehead atoms. The van der Waals surface area contributed by atoms with Crippen LogP contribution >= 0.6 is 0 Å². The zero-order valence-corrected chi connectivity index (χ0v) is 11.0. The zero-order chi connectivity index (χ0) is 12.8. The molecule has 0 aliphatic carbocycles. The fourth-order valence-corrected chi connectivity index (χ4v) is 1.97. The molecular weight excluding hydrogens is 224 g/mol. The Labute approximate surface area is 108 Å². The summed E-state index contributed by atoms with van der Waals surface area (Å²) in [4.78, 5) is 2.38. The van der Waals surface area contributed by atoms with Crippen molar-refractivity contribution in [3.63, 3.8) is 0 Å². The minimum Gasteiger partial charge on any atom is -0.303 e. The van der Waals surface area contributed by atoms with E-state index < -0.39 is 0 Å². The number of likely N-dealkylation sites (N-methyl/N-ethyl adjacent to an activating group) is 1. The monoisotopic (exact) mass is 243 g/mol. The van der Waals surface area contributed by atoms with Crippen LogP contribution in [0, 0.1) is 6.33 Å². The summed E-state index contributed by atoms with van der Waals surface area (Å²) in [7, 11) is 0. The number of aromatic nitrogens is 3. The Kier molecular flexibility index (Phi) is 4.47. The average Bonchev–Trinajstić information content (AvgIpc) is 2.89. The molecule has 1 aromatic carbocycles. The van der Waals surface area contributed by atoms with Crippen molar-refractivity contribution in [3.8, 4) is 5.69 Å². The lowest BCUT2D eigenvalue weighted by Crippen LogP contribution is -2.26. The van der Waals surface area contributed by atoms with E-state index in [9.17, 15) is 0 Å². The number of para-hydroxylation sites is 1. The Bertz CT molecular complexity index is 460. The predicted octanol–water partition coefficient (Wildman–Crippen LogP) is 1.95. The number of hydrogen-bond acceptors (Lipinski definition) is 3. The van der Waals surface area contributed by atoms with Crippen LogP contribution in [-0.4, -0.2) is 39.3 Å². The van der Waals surface area contributed by atoms with E-state index in [1.54, 1.807) is 0 Å². The first kappa shape index (κ1) is 12.8. The summed E-state index contributed by atoms with van der Waals surface area (Å²) >= 11 is 0. The quantitative estimate of drug-likeness (QED) is 0.777. The van der Waals surface area contributed by atoms with Gasteiger partial charge in [-0.25, -0.2) is 0 Å². The van der Waals surface area contributed by atoms with Crippen molar-refractivity contribution in [3.05, 3.63) is 42.5 Å². The largest absolute Gasteiger partial charge is 0.303 e. The van der Waals surface area contributed by atoms with Crippen molar-refractivity contribution in [2.45, 2.75) is 20.3 Å². The smallest absolute Gasteiger partial charge is 0.207 e. The fourth-order valence-electron chi connectivity index (χ4n) is 1.97. The average molecular weight is 243 g/mol. The summed E-state index contributed by atoms with van der Waals surface area (Å²) in [5.41, 5.74) is 1.07. The first-order chi connectivity index (χ1) is 8.85. The number of hydrogen-bond donors (Lipinski definition) is 0. The van der Waals surface area contributed by atoms with Gasteiger partial charge in [0.25, 0.3) is 0 Å². The summed E-state index contributed by atoms with van der Waals surface area (Å²) < 4.78 is 1.93. The van der Waals surface area contributed by atoms with E-state index in [1.165, 1.54) is 0 Å². The highest BCUT2D eigenvalue weighted by atomic mass is 15.3. The van der Waals surface area contributed by atoms with E-state index in [0.717, 1.165) is 37.6 Å². The molecule has 1 radical (unpaired) electrons. The van der Waals surface area contributed by atoms with Gasteiger partial charge in [-0.15, -0.1) is 10.2 Å². The second-order valence-corrected chi connectivity index (χ2v) is 4.16. The minimum absolute atomic E-state index is 0.896. The normalized spacial score (nSPS) is 11.1. The van der Waals surface area contributed by atoms with Gasteiger partial charge in [-0.05, 0) is 25.2 Å². The summed E-state index contributed by atoms with van der Waals surface area (Å²) in [6.45, 7) is 7.50. The SMILES string of the molecule is CCN(CC)CCc1nn[c]n1-c1ccccc1. The number of nitrogens with zero attached hydrogens (tertiary/aromatic N) is 4. The molecule has 0 N–H and O–H groups in total. The summed E-state index contributed by atoms with van der Waals surface area (Å²) in [5.74, 6) is 0.966. The number of benzene rings is 1. The minimum atomic E-state index is 0.896. The molecule has 0 spiro atoms. The summed E-state index contributed by atoms with van der Waals surface area (Å²) in [6.07, 6.45) is 3.81. The Hall–Kier alpha value is -1.68. The third kappa shape index (κ3) is 2.96. The van der Waals surface area contributed by atoms with Gasteiger partial charge in [0.1, 0.15) is 5.82 Å². The van der Waals surface area contributed by atoms with E-state index in [1.807, 2.05) is 34.9 Å².